The average Bonchev–Trinajstić information content (AvgIpc) is 2.82. The van der Waals surface area contributed by atoms with E-state index < -0.39 is 0 Å². The molecule has 90 valence electrons. The highest BCUT2D eigenvalue weighted by molar-refractivity contribution is 5.34. The first-order chi connectivity index (χ1) is 8.29. The Bertz CT molecular complexity index is 470. The fraction of sp³-hybridized carbons (Fsp3) is 0.333. The number of nitrogens with zero attached hydrogens (tertiary/aromatic N) is 5. The maximum Gasteiger partial charge on any atom is 0.257 e. The van der Waals surface area contributed by atoms with Crippen molar-refractivity contribution in [2.45, 2.75) is 6.42 Å². The summed E-state index contributed by atoms with van der Waals surface area (Å²) in [5, 5.41) is 15.6. The summed E-state index contributed by atoms with van der Waals surface area (Å²) in [6.07, 6.45) is 3.95. The molecule has 0 aliphatic heterocycles. The van der Waals surface area contributed by atoms with Crippen molar-refractivity contribution >= 4 is 11.9 Å². The molecule has 8 nitrogen and oxygen atoms in total. The van der Waals surface area contributed by atoms with Gasteiger partial charge in [0.2, 0.25) is 11.9 Å². The normalized spacial score (nSPS) is 10.4. The van der Waals surface area contributed by atoms with Gasteiger partial charge in [-0.05, 0) is 12.5 Å². The first kappa shape index (κ1) is 11.3. The molecule has 0 spiro atoms. The predicted molar refractivity (Wildman–Crippen MR) is 61.6 cm³/mol. The molecule has 0 aliphatic rings. The van der Waals surface area contributed by atoms with Crippen molar-refractivity contribution in [2.24, 2.45) is 0 Å². The number of aliphatic hydroxyl groups is 1. The van der Waals surface area contributed by atoms with Crippen molar-refractivity contribution in [1.82, 2.24) is 24.7 Å². The Morgan fingerprint density at radius 1 is 1.35 bits per heavy atom. The number of aromatic nitrogens is 5. The van der Waals surface area contributed by atoms with Gasteiger partial charge in [0.05, 0.1) is 0 Å². The number of nitrogens with two attached hydrogens (primary N) is 1. The van der Waals surface area contributed by atoms with Crippen LogP contribution in [0.2, 0.25) is 0 Å². The lowest BCUT2D eigenvalue weighted by molar-refractivity contribution is 0.292. The van der Waals surface area contributed by atoms with E-state index in [0.29, 0.717) is 24.9 Å². The van der Waals surface area contributed by atoms with Gasteiger partial charge in [-0.1, -0.05) is 0 Å². The minimum atomic E-state index is 0.111. The minimum Gasteiger partial charge on any atom is -0.396 e. The van der Waals surface area contributed by atoms with Gasteiger partial charge < -0.3 is 16.2 Å². The fourth-order valence-corrected chi connectivity index (χ4v) is 1.23. The van der Waals surface area contributed by atoms with Gasteiger partial charge in [-0.2, -0.15) is 20.1 Å². The average molecular weight is 235 g/mol. The number of hydrogen-bond donors (Lipinski definition) is 3. The van der Waals surface area contributed by atoms with Crippen LogP contribution in [0.3, 0.4) is 0 Å². The van der Waals surface area contributed by atoms with Gasteiger partial charge in [0.1, 0.15) is 0 Å². The zero-order valence-electron chi connectivity index (χ0n) is 9.11. The summed E-state index contributed by atoms with van der Waals surface area (Å²) >= 11 is 0. The molecule has 0 atom stereocenters. The summed E-state index contributed by atoms with van der Waals surface area (Å²) in [7, 11) is 0. The zero-order chi connectivity index (χ0) is 12.1. The number of hydrogen-bond acceptors (Lipinski definition) is 7. The van der Waals surface area contributed by atoms with Crippen molar-refractivity contribution in [3.05, 3.63) is 18.5 Å². The maximum absolute atomic E-state index is 8.67. The van der Waals surface area contributed by atoms with E-state index >= 15 is 0 Å². The van der Waals surface area contributed by atoms with E-state index in [-0.39, 0.29) is 12.6 Å². The van der Waals surface area contributed by atoms with Gasteiger partial charge in [-0.15, -0.1) is 0 Å². The summed E-state index contributed by atoms with van der Waals surface area (Å²) in [5.74, 6) is 0.849. The molecule has 0 bridgehead atoms. The van der Waals surface area contributed by atoms with Gasteiger partial charge in [-0.3, -0.25) is 0 Å². The SMILES string of the molecule is Nc1nc(NCCCO)nc(-n2cccn2)n1. The molecule has 0 aromatic carbocycles. The van der Waals surface area contributed by atoms with Crippen LogP contribution in [-0.2, 0) is 0 Å². The van der Waals surface area contributed by atoms with E-state index in [2.05, 4.69) is 25.4 Å². The maximum atomic E-state index is 8.67. The van der Waals surface area contributed by atoms with Crippen LogP contribution in [0, 0.1) is 0 Å². The molecule has 0 aliphatic carbocycles. The monoisotopic (exact) mass is 235 g/mol. The standard InChI is InChI=1S/C9H13N7O/c10-7-13-8(11-3-2-6-17)15-9(14-7)16-5-1-4-12-16/h1,4-5,17H,2-3,6H2,(H3,10,11,13,14,15). The lowest BCUT2D eigenvalue weighted by Gasteiger charge is -2.06. The lowest BCUT2D eigenvalue weighted by atomic mass is 10.4. The van der Waals surface area contributed by atoms with E-state index in [1.807, 2.05) is 0 Å². The van der Waals surface area contributed by atoms with E-state index in [1.165, 1.54) is 4.68 Å². The van der Waals surface area contributed by atoms with Crippen LogP contribution in [0.4, 0.5) is 11.9 Å². The third-order valence-electron chi connectivity index (χ3n) is 1.97. The van der Waals surface area contributed by atoms with Crippen LogP contribution >= 0.6 is 0 Å². The smallest absolute Gasteiger partial charge is 0.257 e. The minimum absolute atomic E-state index is 0.111. The van der Waals surface area contributed by atoms with Crippen molar-refractivity contribution in [3.63, 3.8) is 0 Å². The lowest BCUT2D eigenvalue weighted by Crippen LogP contribution is -2.12. The van der Waals surface area contributed by atoms with E-state index in [1.54, 1.807) is 18.5 Å². The summed E-state index contributed by atoms with van der Waals surface area (Å²) < 4.78 is 1.50. The van der Waals surface area contributed by atoms with Crippen LogP contribution in [0.15, 0.2) is 18.5 Å². The van der Waals surface area contributed by atoms with Gasteiger partial charge in [-0.25, -0.2) is 4.68 Å². The van der Waals surface area contributed by atoms with Crippen molar-refractivity contribution < 1.29 is 5.11 Å². The number of aliphatic hydroxyl groups excluding tert-OH is 1. The molecule has 2 rings (SSSR count). The second kappa shape index (κ2) is 5.21. The van der Waals surface area contributed by atoms with Crippen LogP contribution < -0.4 is 11.1 Å². The summed E-state index contributed by atoms with van der Waals surface area (Å²) in [6, 6.07) is 1.76. The van der Waals surface area contributed by atoms with Crippen LogP contribution in [0.5, 0.6) is 0 Å². The Balaban J connectivity index is 2.18. The van der Waals surface area contributed by atoms with E-state index in [9.17, 15) is 0 Å². The highest BCUT2D eigenvalue weighted by Crippen LogP contribution is 2.05. The molecule has 2 aromatic rings. The van der Waals surface area contributed by atoms with Gasteiger partial charge >= 0.3 is 0 Å². The van der Waals surface area contributed by atoms with Crippen molar-refractivity contribution in [2.75, 3.05) is 24.2 Å². The Kier molecular flexibility index (Phi) is 3.46. The zero-order valence-corrected chi connectivity index (χ0v) is 9.11. The molecular formula is C9H13N7O. The molecule has 2 aromatic heterocycles. The summed E-state index contributed by atoms with van der Waals surface area (Å²) in [5.41, 5.74) is 5.58. The number of anilines is 2. The van der Waals surface area contributed by atoms with E-state index in [4.69, 9.17) is 10.8 Å². The highest BCUT2D eigenvalue weighted by Gasteiger charge is 2.05. The molecular weight excluding hydrogens is 222 g/mol. The summed E-state index contributed by atoms with van der Waals surface area (Å²) in [6.45, 7) is 0.679. The first-order valence-corrected chi connectivity index (χ1v) is 5.16. The predicted octanol–water partition coefficient (Wildman–Crippen LogP) is -0.566. The van der Waals surface area contributed by atoms with E-state index in [0.717, 1.165) is 0 Å². The van der Waals surface area contributed by atoms with Crippen molar-refractivity contribution in [3.8, 4) is 5.95 Å². The Labute approximate surface area is 97.5 Å². The molecule has 0 radical (unpaired) electrons. The molecule has 0 saturated carbocycles. The Hall–Kier alpha value is -2.22. The van der Waals surface area contributed by atoms with Crippen molar-refractivity contribution in [1.29, 1.82) is 0 Å². The highest BCUT2D eigenvalue weighted by atomic mass is 16.3. The molecule has 0 amide bonds. The molecule has 0 fully saturated rings. The summed E-state index contributed by atoms with van der Waals surface area (Å²) in [4.78, 5) is 12.1. The van der Waals surface area contributed by atoms with Gasteiger partial charge in [0.25, 0.3) is 5.95 Å². The number of nitrogen functional groups attached to an aromatic ring is 1. The number of rotatable bonds is 5. The number of nitrogens with one attached hydrogen (secondary N) is 1. The first-order valence-electron chi connectivity index (χ1n) is 5.16. The third kappa shape index (κ3) is 2.88. The molecule has 0 saturated heterocycles. The van der Waals surface area contributed by atoms with Crippen LogP contribution in [0.25, 0.3) is 5.95 Å². The van der Waals surface area contributed by atoms with Gasteiger partial charge in [0, 0.05) is 25.5 Å². The Morgan fingerprint density at radius 2 is 2.24 bits per heavy atom. The largest absolute Gasteiger partial charge is 0.396 e. The fourth-order valence-electron chi connectivity index (χ4n) is 1.23. The quantitative estimate of drug-likeness (QED) is 0.594. The third-order valence-corrected chi connectivity index (χ3v) is 1.97. The second-order valence-electron chi connectivity index (χ2n) is 3.27. The second-order valence-corrected chi connectivity index (χ2v) is 3.27. The molecule has 2 heterocycles. The topological polar surface area (TPSA) is 115 Å². The Morgan fingerprint density at radius 3 is 2.94 bits per heavy atom. The molecule has 0 unspecified atom stereocenters. The van der Waals surface area contributed by atoms with Gasteiger partial charge in [0.15, 0.2) is 0 Å². The van der Waals surface area contributed by atoms with Crippen LogP contribution in [0.1, 0.15) is 6.42 Å². The molecule has 4 N–H and O–H groups in total. The molecule has 17 heavy (non-hydrogen) atoms. The molecule has 8 heteroatoms. The van der Waals surface area contributed by atoms with Crippen LogP contribution in [-0.4, -0.2) is 43.0 Å².